The molecule has 0 atom stereocenters. The van der Waals surface area contributed by atoms with E-state index in [1.54, 1.807) is 57.5 Å². The summed E-state index contributed by atoms with van der Waals surface area (Å²) >= 11 is 4.61. The third-order valence-electron chi connectivity index (χ3n) is 3.24. The molecule has 0 radical (unpaired) electrons. The fourth-order valence-electron chi connectivity index (χ4n) is 2.15. The van der Waals surface area contributed by atoms with Crippen molar-refractivity contribution in [1.82, 2.24) is 0 Å². The first-order valence-electron chi connectivity index (χ1n) is 7.59. The standard InChI is InChI=1S/C18H20BrNO4S/c1-11-10-12(23-5)6-7-14(11)20(17(22)24-18(2,3)4)16(21)15-13(19)8-9-25-15/h6-10H,1-5H3. The van der Waals surface area contributed by atoms with Crippen LogP contribution in [0.25, 0.3) is 0 Å². The number of imide groups is 1. The molecule has 1 aromatic carbocycles. The average molecular weight is 426 g/mol. The molecule has 2 rings (SSSR count). The van der Waals surface area contributed by atoms with Gasteiger partial charge in [-0.25, -0.2) is 9.69 Å². The molecule has 0 spiro atoms. The summed E-state index contributed by atoms with van der Waals surface area (Å²) in [4.78, 5) is 27.3. The van der Waals surface area contributed by atoms with Crippen molar-refractivity contribution in [2.75, 3.05) is 12.0 Å². The van der Waals surface area contributed by atoms with E-state index in [9.17, 15) is 9.59 Å². The van der Waals surface area contributed by atoms with Crippen molar-refractivity contribution in [2.45, 2.75) is 33.3 Å². The summed E-state index contributed by atoms with van der Waals surface area (Å²) in [5, 5.41) is 1.78. The Morgan fingerprint density at radius 3 is 2.36 bits per heavy atom. The zero-order valence-electron chi connectivity index (χ0n) is 14.8. The van der Waals surface area contributed by atoms with Crippen molar-refractivity contribution in [2.24, 2.45) is 0 Å². The number of nitrogens with zero attached hydrogens (tertiary/aromatic N) is 1. The van der Waals surface area contributed by atoms with Crippen molar-refractivity contribution in [3.63, 3.8) is 0 Å². The lowest BCUT2D eigenvalue weighted by molar-refractivity contribution is 0.0564. The third kappa shape index (κ3) is 4.61. The van der Waals surface area contributed by atoms with Crippen molar-refractivity contribution >= 4 is 45.0 Å². The molecule has 1 aromatic heterocycles. The Hall–Kier alpha value is -1.86. The first kappa shape index (κ1) is 19.5. The second-order valence-corrected chi connectivity index (χ2v) is 8.14. The molecule has 0 aliphatic carbocycles. The highest BCUT2D eigenvalue weighted by Gasteiger charge is 2.32. The Kier molecular flexibility index (Phi) is 5.90. The van der Waals surface area contributed by atoms with Gasteiger partial charge in [0, 0.05) is 4.47 Å². The van der Waals surface area contributed by atoms with Gasteiger partial charge in [-0.1, -0.05) is 0 Å². The molecule has 2 aromatic rings. The second-order valence-electron chi connectivity index (χ2n) is 6.37. The van der Waals surface area contributed by atoms with Crippen LogP contribution in [-0.4, -0.2) is 24.7 Å². The summed E-state index contributed by atoms with van der Waals surface area (Å²) in [6.45, 7) is 7.09. The summed E-state index contributed by atoms with van der Waals surface area (Å²) in [6.07, 6.45) is -0.717. The molecular weight excluding hydrogens is 406 g/mol. The molecule has 0 saturated heterocycles. The SMILES string of the molecule is COc1ccc(N(C(=O)OC(C)(C)C)C(=O)c2sccc2Br)c(C)c1. The topological polar surface area (TPSA) is 55.8 Å². The lowest BCUT2D eigenvalue weighted by Gasteiger charge is -2.27. The molecule has 0 fully saturated rings. The van der Waals surface area contributed by atoms with Crippen molar-refractivity contribution in [3.05, 3.63) is 44.6 Å². The van der Waals surface area contributed by atoms with Crippen LogP contribution in [0.5, 0.6) is 5.75 Å². The minimum absolute atomic E-state index is 0.432. The molecule has 0 aliphatic heterocycles. The molecule has 1 heterocycles. The number of rotatable bonds is 3. The van der Waals surface area contributed by atoms with Crippen LogP contribution in [-0.2, 0) is 4.74 Å². The first-order chi connectivity index (χ1) is 11.6. The highest BCUT2D eigenvalue weighted by Crippen LogP contribution is 2.31. The van der Waals surface area contributed by atoms with Gasteiger partial charge in [-0.05, 0) is 78.8 Å². The van der Waals surface area contributed by atoms with E-state index in [0.717, 1.165) is 10.5 Å². The Balaban J connectivity index is 2.51. The molecular formula is C18H20BrNO4S. The molecule has 2 amide bonds. The predicted molar refractivity (Wildman–Crippen MR) is 103 cm³/mol. The first-order valence-corrected chi connectivity index (χ1v) is 9.26. The lowest BCUT2D eigenvalue weighted by Crippen LogP contribution is -2.41. The molecule has 0 saturated carbocycles. The van der Waals surface area contributed by atoms with Crippen LogP contribution >= 0.6 is 27.3 Å². The summed E-state index contributed by atoms with van der Waals surface area (Å²) in [7, 11) is 1.56. The number of aryl methyl sites for hydroxylation is 1. The number of methoxy groups -OCH3 is 1. The molecule has 7 heteroatoms. The van der Waals surface area contributed by atoms with E-state index in [2.05, 4.69) is 15.9 Å². The van der Waals surface area contributed by atoms with Gasteiger partial charge >= 0.3 is 6.09 Å². The number of carbonyl (C=O) groups excluding carboxylic acids is 2. The maximum Gasteiger partial charge on any atom is 0.422 e. The minimum Gasteiger partial charge on any atom is -0.497 e. The van der Waals surface area contributed by atoms with E-state index in [1.807, 2.05) is 6.92 Å². The number of ether oxygens (including phenoxy) is 2. The molecule has 0 N–H and O–H groups in total. The summed E-state index contributed by atoms with van der Waals surface area (Å²) in [5.41, 5.74) is 0.467. The number of amides is 2. The van der Waals surface area contributed by atoms with Gasteiger partial charge in [0.15, 0.2) is 0 Å². The van der Waals surface area contributed by atoms with E-state index < -0.39 is 17.6 Å². The van der Waals surface area contributed by atoms with Gasteiger partial charge < -0.3 is 9.47 Å². The van der Waals surface area contributed by atoms with E-state index in [-0.39, 0.29) is 0 Å². The second kappa shape index (κ2) is 7.58. The Labute approximate surface area is 159 Å². The van der Waals surface area contributed by atoms with E-state index in [0.29, 0.717) is 20.8 Å². The number of hydrogen-bond donors (Lipinski definition) is 0. The van der Waals surface area contributed by atoms with Crippen LogP contribution in [0.15, 0.2) is 34.1 Å². The number of thiophene rings is 1. The summed E-state index contributed by atoms with van der Waals surface area (Å²) < 4.78 is 11.3. The van der Waals surface area contributed by atoms with Gasteiger partial charge in [0.05, 0.1) is 12.8 Å². The van der Waals surface area contributed by atoms with E-state index in [1.165, 1.54) is 11.3 Å². The zero-order chi connectivity index (χ0) is 18.8. The number of anilines is 1. The Morgan fingerprint density at radius 1 is 1.20 bits per heavy atom. The monoisotopic (exact) mass is 425 g/mol. The van der Waals surface area contributed by atoms with Crippen molar-refractivity contribution in [3.8, 4) is 5.75 Å². The van der Waals surface area contributed by atoms with Crippen LogP contribution in [0.2, 0.25) is 0 Å². The highest BCUT2D eigenvalue weighted by molar-refractivity contribution is 9.10. The number of hydrogen-bond acceptors (Lipinski definition) is 5. The van der Waals surface area contributed by atoms with Crippen LogP contribution in [0.4, 0.5) is 10.5 Å². The fourth-order valence-corrected chi connectivity index (χ4v) is 3.62. The average Bonchev–Trinajstić information content (AvgIpc) is 2.93. The molecule has 0 aliphatic rings. The van der Waals surface area contributed by atoms with Crippen molar-refractivity contribution in [1.29, 1.82) is 0 Å². The zero-order valence-corrected chi connectivity index (χ0v) is 17.2. The van der Waals surface area contributed by atoms with E-state index in [4.69, 9.17) is 9.47 Å². The largest absolute Gasteiger partial charge is 0.497 e. The predicted octanol–water partition coefficient (Wildman–Crippen LogP) is 5.41. The van der Waals surface area contributed by atoms with Gasteiger partial charge in [0.2, 0.25) is 0 Å². The molecule has 0 unspecified atom stereocenters. The minimum atomic E-state index is -0.720. The highest BCUT2D eigenvalue weighted by atomic mass is 79.9. The smallest absolute Gasteiger partial charge is 0.422 e. The molecule has 25 heavy (non-hydrogen) atoms. The van der Waals surface area contributed by atoms with E-state index >= 15 is 0 Å². The molecule has 0 bridgehead atoms. The fraction of sp³-hybridized carbons (Fsp3) is 0.333. The maximum atomic E-state index is 13.0. The van der Waals surface area contributed by atoms with Gasteiger partial charge in [-0.2, -0.15) is 0 Å². The van der Waals surface area contributed by atoms with Gasteiger partial charge in [0.25, 0.3) is 5.91 Å². The van der Waals surface area contributed by atoms with Crippen LogP contribution < -0.4 is 9.64 Å². The quantitative estimate of drug-likeness (QED) is 0.659. The normalized spacial score (nSPS) is 11.1. The molecule has 5 nitrogen and oxygen atoms in total. The van der Waals surface area contributed by atoms with Crippen LogP contribution in [0, 0.1) is 6.92 Å². The third-order valence-corrected chi connectivity index (χ3v) is 5.06. The van der Waals surface area contributed by atoms with Gasteiger partial charge in [0.1, 0.15) is 16.2 Å². The Morgan fingerprint density at radius 2 is 1.88 bits per heavy atom. The summed E-state index contributed by atoms with van der Waals surface area (Å²) in [6, 6.07) is 6.92. The summed E-state index contributed by atoms with van der Waals surface area (Å²) in [5.74, 6) is 0.208. The lowest BCUT2D eigenvalue weighted by atomic mass is 10.1. The van der Waals surface area contributed by atoms with Crippen LogP contribution in [0.1, 0.15) is 36.0 Å². The molecule has 134 valence electrons. The number of benzene rings is 1. The van der Waals surface area contributed by atoms with Gasteiger partial charge in [-0.3, -0.25) is 4.79 Å². The number of halogens is 1. The Bertz CT molecular complexity index is 795. The van der Waals surface area contributed by atoms with Crippen LogP contribution in [0.3, 0.4) is 0 Å². The van der Waals surface area contributed by atoms with Crippen molar-refractivity contribution < 1.29 is 19.1 Å². The maximum absolute atomic E-state index is 13.0. The van der Waals surface area contributed by atoms with Gasteiger partial charge in [-0.15, -0.1) is 11.3 Å². The number of carbonyl (C=O) groups is 2.